The van der Waals surface area contributed by atoms with Gasteiger partial charge in [-0.15, -0.1) is 0 Å². The number of likely N-dealkylation sites (tertiary alicyclic amines) is 1. The number of benzene rings is 1. The monoisotopic (exact) mass is 604 g/mol. The summed E-state index contributed by atoms with van der Waals surface area (Å²) in [6, 6.07) is 4.42. The van der Waals surface area contributed by atoms with Crippen molar-refractivity contribution in [1.82, 2.24) is 4.90 Å². The molecule has 220 valence electrons. The SMILES string of the molecule is CC(C)(C)OC(=O)N1CC(C(=O)O[C@@H](Cc2c(Cl)c[nH+]cc2Cl)c2ccc(OC(F)F)c(OCC3CC3)c2)C1.[OH-]. The van der Waals surface area contributed by atoms with Gasteiger partial charge in [0.05, 0.1) is 12.5 Å². The summed E-state index contributed by atoms with van der Waals surface area (Å²) in [6.07, 6.45) is 3.84. The zero-order valence-electron chi connectivity index (χ0n) is 22.3. The standard InChI is InChI=1S/C27H30Cl2F2N2O6.H2O/c1-27(2,3)39-26(35)33-12-17(13-33)24(34)37-22(9-18-19(28)10-32-11-20(18)29)16-6-7-21(38-25(30)31)23(8-16)36-14-15-4-5-15;/h6-8,10-11,15,17,22,25H,4-5,9,12-14H2,1-3H3;1H2/t22-;/m0./s1. The molecule has 0 radical (unpaired) electrons. The van der Waals surface area contributed by atoms with Crippen molar-refractivity contribution in [3.63, 3.8) is 0 Å². The number of esters is 1. The Kier molecular flexibility index (Phi) is 10.4. The summed E-state index contributed by atoms with van der Waals surface area (Å²) in [5.74, 6) is -0.702. The van der Waals surface area contributed by atoms with Crippen LogP contribution >= 0.6 is 23.2 Å². The van der Waals surface area contributed by atoms with Crippen LogP contribution in [0.1, 0.15) is 50.8 Å². The van der Waals surface area contributed by atoms with Gasteiger partial charge in [0.25, 0.3) is 0 Å². The number of pyridine rings is 1. The lowest BCUT2D eigenvalue weighted by Gasteiger charge is -2.38. The van der Waals surface area contributed by atoms with Gasteiger partial charge in [-0.2, -0.15) is 8.78 Å². The van der Waals surface area contributed by atoms with Crippen LogP contribution in [-0.4, -0.2) is 54.3 Å². The van der Waals surface area contributed by atoms with E-state index in [9.17, 15) is 18.4 Å². The van der Waals surface area contributed by atoms with E-state index in [4.69, 9.17) is 37.4 Å². The number of halogens is 4. The number of hydrogen-bond acceptors (Lipinski definition) is 7. The van der Waals surface area contributed by atoms with Crippen molar-refractivity contribution in [3.8, 4) is 11.5 Å². The van der Waals surface area contributed by atoms with Gasteiger partial charge in [0.2, 0.25) is 0 Å². The van der Waals surface area contributed by atoms with E-state index in [0.29, 0.717) is 33.7 Å². The normalized spacial score (nSPS) is 16.1. The maximum Gasteiger partial charge on any atom is 0.410 e. The first-order chi connectivity index (χ1) is 18.4. The molecule has 2 fully saturated rings. The highest BCUT2D eigenvalue weighted by molar-refractivity contribution is 6.35. The number of H-pyrrole nitrogens is 1. The van der Waals surface area contributed by atoms with Gasteiger partial charge < -0.3 is 29.3 Å². The van der Waals surface area contributed by atoms with E-state index in [-0.39, 0.29) is 36.5 Å². The quantitative estimate of drug-likeness (QED) is 0.318. The lowest BCUT2D eigenvalue weighted by atomic mass is 9.99. The molecule has 1 saturated carbocycles. The van der Waals surface area contributed by atoms with E-state index < -0.39 is 36.3 Å². The average molecular weight is 605 g/mol. The Balaban J connectivity index is 0.00000441. The van der Waals surface area contributed by atoms with Crippen LogP contribution in [0.5, 0.6) is 11.5 Å². The molecule has 0 unspecified atom stereocenters. The number of alkyl halides is 2. The van der Waals surface area contributed by atoms with Crippen molar-refractivity contribution in [2.24, 2.45) is 11.8 Å². The molecule has 13 heteroatoms. The molecular weight excluding hydrogens is 573 g/mol. The molecule has 0 bridgehead atoms. The third-order valence-electron chi connectivity index (χ3n) is 6.24. The molecule has 1 saturated heterocycles. The minimum absolute atomic E-state index is 0. The molecule has 1 amide bonds. The molecular formula is C27H32Cl2F2N2O7. The molecule has 0 spiro atoms. The van der Waals surface area contributed by atoms with Gasteiger partial charge in [0.15, 0.2) is 23.9 Å². The van der Waals surface area contributed by atoms with Crippen LogP contribution in [0.15, 0.2) is 30.6 Å². The van der Waals surface area contributed by atoms with Crippen molar-refractivity contribution in [2.75, 3.05) is 19.7 Å². The Morgan fingerprint density at radius 1 is 1.10 bits per heavy atom. The Hall–Kier alpha value is -2.89. The average Bonchev–Trinajstić information content (AvgIpc) is 3.62. The lowest BCUT2D eigenvalue weighted by molar-refractivity contribution is -0.377. The molecule has 2 aromatic rings. The molecule has 1 aromatic heterocycles. The Labute approximate surface area is 240 Å². The van der Waals surface area contributed by atoms with Crippen LogP contribution in [0.4, 0.5) is 13.6 Å². The Morgan fingerprint density at radius 2 is 1.75 bits per heavy atom. The van der Waals surface area contributed by atoms with Crippen molar-refractivity contribution in [2.45, 2.75) is 58.4 Å². The summed E-state index contributed by atoms with van der Waals surface area (Å²) in [5, 5.41) is 0.678. The fraction of sp³-hybridized carbons (Fsp3) is 0.519. The molecule has 4 rings (SSSR count). The minimum Gasteiger partial charge on any atom is -0.870 e. The zero-order chi connectivity index (χ0) is 28.3. The number of rotatable bonds is 10. The van der Waals surface area contributed by atoms with Gasteiger partial charge in [0.1, 0.15) is 21.8 Å². The highest BCUT2D eigenvalue weighted by Gasteiger charge is 2.40. The second kappa shape index (κ2) is 13.2. The predicted molar refractivity (Wildman–Crippen MR) is 140 cm³/mol. The molecule has 1 aromatic carbocycles. The summed E-state index contributed by atoms with van der Waals surface area (Å²) in [7, 11) is 0. The highest BCUT2D eigenvalue weighted by Crippen LogP contribution is 2.38. The number of carbonyl (C=O) groups is 2. The first kappa shape index (κ1) is 31.6. The fourth-order valence-electron chi connectivity index (χ4n) is 3.95. The van der Waals surface area contributed by atoms with Crippen LogP contribution in [0.3, 0.4) is 0 Å². The topological polar surface area (TPSA) is 118 Å². The Morgan fingerprint density at radius 3 is 2.33 bits per heavy atom. The molecule has 9 nitrogen and oxygen atoms in total. The van der Waals surface area contributed by atoms with Gasteiger partial charge in [-0.05, 0) is 57.2 Å². The molecule has 2 N–H and O–H groups in total. The molecule has 1 aliphatic carbocycles. The second-order valence-corrected chi connectivity index (χ2v) is 11.5. The van der Waals surface area contributed by atoms with E-state index in [1.54, 1.807) is 33.2 Å². The zero-order valence-corrected chi connectivity index (χ0v) is 23.8. The number of nitrogens with one attached hydrogen (secondary N) is 1. The summed E-state index contributed by atoms with van der Waals surface area (Å²) in [4.78, 5) is 29.6. The first-order valence-corrected chi connectivity index (χ1v) is 13.4. The molecule has 2 aliphatic rings. The van der Waals surface area contributed by atoms with Crippen LogP contribution in [0, 0.1) is 11.8 Å². The van der Waals surface area contributed by atoms with Crippen molar-refractivity contribution in [1.29, 1.82) is 0 Å². The van der Waals surface area contributed by atoms with Gasteiger partial charge in [0, 0.05) is 25.1 Å². The van der Waals surface area contributed by atoms with E-state index in [1.807, 2.05) is 0 Å². The van der Waals surface area contributed by atoms with Crippen molar-refractivity contribution < 1.29 is 47.8 Å². The summed E-state index contributed by atoms with van der Waals surface area (Å²) in [5.41, 5.74) is 0.366. The number of aromatic nitrogens is 1. The number of carbonyl (C=O) groups excluding carboxylic acids is 2. The van der Waals surface area contributed by atoms with E-state index in [1.165, 1.54) is 23.1 Å². The number of ether oxygens (including phenoxy) is 4. The molecule has 1 aliphatic heterocycles. The summed E-state index contributed by atoms with van der Waals surface area (Å²) < 4.78 is 47.7. The van der Waals surface area contributed by atoms with Crippen LogP contribution in [-0.2, 0) is 20.7 Å². The predicted octanol–water partition coefficient (Wildman–Crippen LogP) is 5.71. The van der Waals surface area contributed by atoms with Gasteiger partial charge in [-0.25, -0.2) is 9.78 Å². The number of nitrogens with zero attached hydrogens (tertiary/aromatic N) is 1. The lowest BCUT2D eigenvalue weighted by Crippen LogP contribution is -2.54. The minimum atomic E-state index is -3.03. The van der Waals surface area contributed by atoms with Gasteiger partial charge in [-0.1, -0.05) is 29.3 Å². The smallest absolute Gasteiger partial charge is 0.410 e. The van der Waals surface area contributed by atoms with Gasteiger partial charge in [-0.3, -0.25) is 4.79 Å². The molecule has 40 heavy (non-hydrogen) atoms. The number of hydrogen-bond donors (Lipinski definition) is 0. The maximum absolute atomic E-state index is 13.1. The highest BCUT2D eigenvalue weighted by atomic mass is 35.5. The third-order valence-corrected chi connectivity index (χ3v) is 6.91. The van der Waals surface area contributed by atoms with Crippen molar-refractivity contribution in [3.05, 3.63) is 51.8 Å². The fourth-order valence-corrected chi connectivity index (χ4v) is 4.48. The summed E-state index contributed by atoms with van der Waals surface area (Å²) >= 11 is 12.7. The van der Waals surface area contributed by atoms with Gasteiger partial charge >= 0.3 is 18.7 Å². The largest absolute Gasteiger partial charge is 0.870 e. The first-order valence-electron chi connectivity index (χ1n) is 12.6. The third kappa shape index (κ3) is 8.55. The van der Waals surface area contributed by atoms with E-state index >= 15 is 0 Å². The van der Waals surface area contributed by atoms with Crippen LogP contribution in [0.25, 0.3) is 0 Å². The van der Waals surface area contributed by atoms with E-state index in [2.05, 4.69) is 9.72 Å². The van der Waals surface area contributed by atoms with Crippen LogP contribution < -0.4 is 14.5 Å². The second-order valence-electron chi connectivity index (χ2n) is 10.7. The molecule has 2 heterocycles. The number of aromatic amines is 1. The van der Waals surface area contributed by atoms with E-state index in [0.717, 1.165) is 12.8 Å². The van der Waals surface area contributed by atoms with Crippen molar-refractivity contribution >= 4 is 35.3 Å². The van der Waals surface area contributed by atoms with Crippen LogP contribution in [0.2, 0.25) is 10.0 Å². The maximum atomic E-state index is 13.1. The number of amides is 1. The summed E-state index contributed by atoms with van der Waals surface area (Å²) in [6.45, 7) is 2.93. The molecule has 1 atom stereocenters. The Bertz CT molecular complexity index is 1180.